The lowest BCUT2D eigenvalue weighted by atomic mass is 10.0. The molecular weight excluding hydrogens is 520 g/mol. The largest absolute Gasteiger partial charge is 0.343 e. The molecule has 1 saturated heterocycles. The van der Waals surface area contributed by atoms with Gasteiger partial charge in [0, 0.05) is 24.0 Å². The fourth-order valence-corrected chi connectivity index (χ4v) is 5.49. The van der Waals surface area contributed by atoms with Crippen LogP contribution in [-0.4, -0.2) is 40.2 Å². The Morgan fingerprint density at radius 2 is 1.97 bits per heavy atom. The van der Waals surface area contributed by atoms with Crippen molar-refractivity contribution in [2.24, 2.45) is 0 Å². The summed E-state index contributed by atoms with van der Waals surface area (Å²) < 4.78 is 18.6. The molecule has 0 spiro atoms. The number of carbonyl (C=O) groups excluding carboxylic acids is 2. The maximum Gasteiger partial charge on any atom is 0.242 e. The first-order valence-electron chi connectivity index (χ1n) is 10.2. The molecule has 1 aliphatic rings. The second kappa shape index (κ2) is 11.0. The highest BCUT2D eigenvalue weighted by molar-refractivity contribution is 7.95. The number of anilines is 1. The van der Waals surface area contributed by atoms with E-state index in [9.17, 15) is 14.0 Å². The van der Waals surface area contributed by atoms with Crippen LogP contribution in [-0.2, 0) is 9.59 Å². The zero-order valence-electron chi connectivity index (χ0n) is 17.8. The molecule has 3 atom stereocenters. The summed E-state index contributed by atoms with van der Waals surface area (Å²) in [5.74, 6) is -1.16. The van der Waals surface area contributed by atoms with Crippen molar-refractivity contribution < 1.29 is 14.0 Å². The molecule has 1 aromatic heterocycles. The molecule has 34 heavy (non-hydrogen) atoms. The van der Waals surface area contributed by atoms with Crippen molar-refractivity contribution in [3.05, 3.63) is 80.5 Å². The quantitative estimate of drug-likeness (QED) is 0.395. The van der Waals surface area contributed by atoms with Gasteiger partial charge in [0.15, 0.2) is 4.47 Å². The summed E-state index contributed by atoms with van der Waals surface area (Å²) >= 11 is 14.3. The minimum Gasteiger partial charge on any atom is -0.343 e. The summed E-state index contributed by atoms with van der Waals surface area (Å²) in [5, 5.41) is 5.71. The molecule has 3 N–H and O–H groups in total. The number of aromatic nitrogens is 1. The third-order valence-corrected chi connectivity index (χ3v) is 7.64. The van der Waals surface area contributed by atoms with Crippen LogP contribution in [0.25, 0.3) is 0 Å². The second-order valence-corrected chi connectivity index (χ2v) is 10.6. The number of likely N-dealkylation sites (N-methyl/N-ethyl adjacent to an activating group) is 1. The molecule has 178 valence electrons. The van der Waals surface area contributed by atoms with Crippen molar-refractivity contribution >= 4 is 64.2 Å². The average molecular weight is 540 g/mol. The molecule has 0 aliphatic carbocycles. The molecule has 0 bridgehead atoms. The van der Waals surface area contributed by atoms with Gasteiger partial charge in [-0.15, -0.1) is 11.3 Å². The highest BCUT2D eigenvalue weighted by atomic mass is 35.5. The first-order chi connectivity index (χ1) is 16.3. The molecule has 0 radical (unpaired) electrons. The van der Waals surface area contributed by atoms with Crippen molar-refractivity contribution in [3.63, 3.8) is 0 Å². The van der Waals surface area contributed by atoms with Crippen LogP contribution in [0, 0.1) is 5.82 Å². The third kappa shape index (κ3) is 5.88. The van der Waals surface area contributed by atoms with E-state index >= 15 is 0 Å². The first-order valence-corrected chi connectivity index (χ1v) is 12.5. The van der Waals surface area contributed by atoms with E-state index in [1.165, 1.54) is 41.7 Å². The van der Waals surface area contributed by atoms with Gasteiger partial charge in [0.25, 0.3) is 0 Å². The molecule has 2 heterocycles. The number of carbonyl (C=O) groups is 2. The SMILES string of the molecule is CN1SNC(C(=O)NC(c2ccccc2)c2cnc(Cl)s2)CC1C(=O)Nc1ccc(F)c(Cl)c1. The highest BCUT2D eigenvalue weighted by Crippen LogP contribution is 2.30. The molecule has 1 aliphatic heterocycles. The topological polar surface area (TPSA) is 86.4 Å². The molecule has 0 saturated carbocycles. The van der Waals surface area contributed by atoms with E-state index in [4.69, 9.17) is 23.2 Å². The number of nitrogens with one attached hydrogen (secondary N) is 3. The van der Waals surface area contributed by atoms with Crippen molar-refractivity contribution in [3.8, 4) is 0 Å². The number of benzene rings is 2. The summed E-state index contributed by atoms with van der Waals surface area (Å²) in [6, 6.07) is 11.8. The van der Waals surface area contributed by atoms with Crippen LogP contribution in [0.2, 0.25) is 9.49 Å². The monoisotopic (exact) mass is 539 g/mol. The Bertz CT molecular complexity index is 1180. The molecule has 1 fully saturated rings. The van der Waals surface area contributed by atoms with Crippen molar-refractivity contribution in [2.45, 2.75) is 24.5 Å². The Kier molecular flexibility index (Phi) is 8.07. The zero-order valence-corrected chi connectivity index (χ0v) is 20.9. The highest BCUT2D eigenvalue weighted by Gasteiger charge is 2.36. The number of nitrogens with zero attached hydrogens (tertiary/aromatic N) is 2. The van der Waals surface area contributed by atoms with Gasteiger partial charge in [0.2, 0.25) is 11.8 Å². The summed E-state index contributed by atoms with van der Waals surface area (Å²) in [7, 11) is 1.75. The lowest BCUT2D eigenvalue weighted by Gasteiger charge is -2.35. The van der Waals surface area contributed by atoms with Gasteiger partial charge in [-0.3, -0.25) is 9.59 Å². The molecule has 7 nitrogen and oxygen atoms in total. The fraction of sp³-hybridized carbons (Fsp3) is 0.227. The maximum atomic E-state index is 13.4. The van der Waals surface area contributed by atoms with E-state index in [0.717, 1.165) is 10.4 Å². The molecule has 2 amide bonds. The Hall–Kier alpha value is -2.21. The summed E-state index contributed by atoms with van der Waals surface area (Å²) in [4.78, 5) is 31.1. The average Bonchev–Trinajstić information content (AvgIpc) is 3.26. The van der Waals surface area contributed by atoms with Gasteiger partial charge in [0.1, 0.15) is 11.9 Å². The first kappa shape index (κ1) is 24.9. The van der Waals surface area contributed by atoms with E-state index < -0.39 is 23.9 Å². The van der Waals surface area contributed by atoms with Gasteiger partial charge < -0.3 is 10.6 Å². The van der Waals surface area contributed by atoms with E-state index in [1.807, 2.05) is 30.3 Å². The Labute approximate surface area is 214 Å². The normalized spacial score (nSPS) is 19.4. The van der Waals surface area contributed by atoms with Crippen LogP contribution in [0.3, 0.4) is 0 Å². The fourth-order valence-electron chi connectivity index (χ4n) is 3.47. The van der Waals surface area contributed by atoms with Crippen LogP contribution in [0.4, 0.5) is 10.1 Å². The second-order valence-electron chi connectivity index (χ2n) is 7.55. The third-order valence-electron chi connectivity index (χ3n) is 5.24. The van der Waals surface area contributed by atoms with Gasteiger partial charge in [-0.2, -0.15) is 0 Å². The number of rotatable bonds is 6. The van der Waals surface area contributed by atoms with Crippen LogP contribution in [0.15, 0.2) is 54.7 Å². The number of hydrogen-bond acceptors (Lipinski definition) is 7. The lowest BCUT2D eigenvalue weighted by molar-refractivity contribution is -0.124. The van der Waals surface area contributed by atoms with E-state index in [2.05, 4.69) is 20.3 Å². The van der Waals surface area contributed by atoms with Crippen LogP contribution >= 0.6 is 46.7 Å². The number of hydrogen-bond donors (Lipinski definition) is 3. The number of thiazole rings is 1. The summed E-state index contributed by atoms with van der Waals surface area (Å²) in [6.07, 6.45) is 1.87. The number of amides is 2. The van der Waals surface area contributed by atoms with Crippen molar-refractivity contribution in [1.82, 2.24) is 19.3 Å². The smallest absolute Gasteiger partial charge is 0.242 e. The Balaban J connectivity index is 1.47. The van der Waals surface area contributed by atoms with Crippen molar-refractivity contribution in [1.29, 1.82) is 0 Å². The molecule has 3 unspecified atom stereocenters. The predicted molar refractivity (Wildman–Crippen MR) is 134 cm³/mol. The maximum absolute atomic E-state index is 13.4. The van der Waals surface area contributed by atoms with Crippen molar-refractivity contribution in [2.75, 3.05) is 12.4 Å². The summed E-state index contributed by atoms with van der Waals surface area (Å²) in [6.45, 7) is 0. The van der Waals surface area contributed by atoms with Crippen LogP contribution < -0.4 is 15.4 Å². The molecule has 2 aromatic carbocycles. The zero-order chi connectivity index (χ0) is 24.2. The molecule has 4 rings (SSSR count). The van der Waals surface area contributed by atoms with Crippen LogP contribution in [0.5, 0.6) is 0 Å². The molecule has 12 heteroatoms. The standard InChI is InChI=1S/C22H20Cl2FN5O2S2/c1-30-17(21(32)27-13-7-8-15(25)14(23)9-13)10-16(29-34-30)20(31)28-19(12-5-3-2-4-6-12)18-11-26-22(24)33-18/h2-9,11,16-17,19,29H,10H2,1H3,(H,27,32)(H,28,31). The number of halogens is 3. The van der Waals surface area contributed by atoms with Gasteiger partial charge in [-0.1, -0.05) is 53.5 Å². The van der Waals surface area contributed by atoms with Gasteiger partial charge in [0.05, 0.1) is 22.0 Å². The lowest BCUT2D eigenvalue weighted by Crippen LogP contribution is -2.54. The molecular formula is C22H20Cl2FN5O2S2. The Morgan fingerprint density at radius 1 is 1.21 bits per heavy atom. The predicted octanol–water partition coefficient (Wildman–Crippen LogP) is 4.66. The van der Waals surface area contributed by atoms with E-state index in [1.54, 1.807) is 17.5 Å². The van der Waals surface area contributed by atoms with Gasteiger partial charge in [-0.05, 0) is 37.2 Å². The Morgan fingerprint density at radius 3 is 2.65 bits per heavy atom. The van der Waals surface area contributed by atoms with Gasteiger partial charge in [-0.25, -0.2) is 18.4 Å². The van der Waals surface area contributed by atoms with E-state index in [-0.39, 0.29) is 23.3 Å². The van der Waals surface area contributed by atoms with Crippen LogP contribution in [0.1, 0.15) is 22.9 Å². The van der Waals surface area contributed by atoms with E-state index in [0.29, 0.717) is 10.2 Å². The minimum atomic E-state index is -0.636. The minimum absolute atomic E-state index is 0.0850. The summed E-state index contributed by atoms with van der Waals surface area (Å²) in [5.41, 5.74) is 1.26. The molecule has 3 aromatic rings. The van der Waals surface area contributed by atoms with Gasteiger partial charge >= 0.3 is 0 Å².